The third-order valence-electron chi connectivity index (χ3n) is 6.33. The fourth-order valence-electron chi connectivity index (χ4n) is 4.60. The molecule has 0 aromatic heterocycles. The van der Waals surface area contributed by atoms with E-state index in [-0.39, 0.29) is 28.7 Å². The van der Waals surface area contributed by atoms with Crippen LogP contribution in [0, 0.1) is 6.92 Å². The van der Waals surface area contributed by atoms with Crippen LogP contribution in [0.4, 0.5) is 11.4 Å². The first kappa shape index (κ1) is 23.8. The van der Waals surface area contributed by atoms with Crippen LogP contribution in [0.25, 0.3) is 0 Å². The summed E-state index contributed by atoms with van der Waals surface area (Å²) in [4.78, 5) is 21.5. The SMILES string of the molecule is CCN(CC)c1ccc(N2C(=NC(=O)CCc3ccccc3)S[C@H]3CS(=O)(=O)C[C@@H]32)c(C)c1. The maximum atomic E-state index is 12.7. The highest BCUT2D eigenvalue weighted by atomic mass is 32.2. The van der Waals surface area contributed by atoms with Gasteiger partial charge >= 0.3 is 0 Å². The number of hydrogen-bond acceptors (Lipinski definition) is 5. The van der Waals surface area contributed by atoms with E-state index in [4.69, 9.17) is 0 Å². The Labute approximate surface area is 201 Å². The van der Waals surface area contributed by atoms with Gasteiger partial charge in [0, 0.05) is 36.1 Å². The molecule has 2 aromatic carbocycles. The molecule has 2 fully saturated rings. The van der Waals surface area contributed by atoms with Gasteiger partial charge in [-0.15, -0.1) is 0 Å². The van der Waals surface area contributed by atoms with Crippen LogP contribution in [0.5, 0.6) is 0 Å². The van der Waals surface area contributed by atoms with Gasteiger partial charge in [0.2, 0.25) is 5.91 Å². The molecule has 33 heavy (non-hydrogen) atoms. The molecule has 0 radical (unpaired) electrons. The van der Waals surface area contributed by atoms with Gasteiger partial charge in [-0.3, -0.25) is 4.79 Å². The van der Waals surface area contributed by atoms with Crippen LogP contribution >= 0.6 is 11.8 Å². The number of carbonyl (C=O) groups excluding carboxylic acids is 1. The van der Waals surface area contributed by atoms with Crippen molar-refractivity contribution in [1.82, 2.24) is 0 Å². The number of aryl methyl sites for hydroxylation is 2. The molecule has 0 unspecified atom stereocenters. The number of rotatable bonds is 7. The molecular formula is C25H31N3O3S2. The standard InChI is InChI=1S/C25H31N3O3S2/c1-4-27(5-2)20-12-13-21(18(3)15-20)28-22-16-33(30,31)17-23(22)32-25(28)26-24(29)14-11-19-9-7-6-8-10-19/h6-10,12-13,15,22-23H,4-5,11,14,16-17H2,1-3H3/t22-,23-/m0/s1. The topological polar surface area (TPSA) is 70.0 Å². The molecule has 6 nitrogen and oxygen atoms in total. The van der Waals surface area contributed by atoms with Crippen molar-refractivity contribution in [2.75, 3.05) is 34.4 Å². The Balaban J connectivity index is 1.62. The lowest BCUT2D eigenvalue weighted by Crippen LogP contribution is -2.38. The molecule has 0 N–H and O–H groups in total. The van der Waals surface area contributed by atoms with Crippen molar-refractivity contribution in [3.63, 3.8) is 0 Å². The molecule has 0 bridgehead atoms. The molecule has 8 heteroatoms. The summed E-state index contributed by atoms with van der Waals surface area (Å²) < 4.78 is 24.7. The van der Waals surface area contributed by atoms with Crippen molar-refractivity contribution in [1.29, 1.82) is 0 Å². The van der Waals surface area contributed by atoms with E-state index >= 15 is 0 Å². The highest BCUT2D eigenvalue weighted by Gasteiger charge is 2.49. The summed E-state index contributed by atoms with van der Waals surface area (Å²) in [6.45, 7) is 8.13. The molecule has 2 aromatic rings. The second-order valence-corrected chi connectivity index (χ2v) is 11.9. The third kappa shape index (κ3) is 5.27. The van der Waals surface area contributed by atoms with E-state index < -0.39 is 9.84 Å². The van der Waals surface area contributed by atoms with E-state index in [0.29, 0.717) is 18.0 Å². The number of thioether (sulfide) groups is 1. The van der Waals surface area contributed by atoms with Crippen molar-refractivity contribution in [2.45, 2.75) is 44.9 Å². The van der Waals surface area contributed by atoms with Crippen LogP contribution in [0.15, 0.2) is 53.5 Å². The maximum absolute atomic E-state index is 12.7. The number of carbonyl (C=O) groups is 1. The second-order valence-electron chi connectivity index (χ2n) is 8.59. The molecule has 1 amide bonds. The third-order valence-corrected chi connectivity index (χ3v) is 9.54. The number of aliphatic imine (C=N–C) groups is 1. The highest BCUT2D eigenvalue weighted by molar-refractivity contribution is 8.16. The maximum Gasteiger partial charge on any atom is 0.248 e. The Morgan fingerprint density at radius 2 is 1.85 bits per heavy atom. The van der Waals surface area contributed by atoms with Crippen LogP contribution in [0.3, 0.4) is 0 Å². The van der Waals surface area contributed by atoms with Crippen molar-refractivity contribution in [3.05, 3.63) is 59.7 Å². The van der Waals surface area contributed by atoms with Gasteiger partial charge in [0.25, 0.3) is 0 Å². The number of nitrogens with zero attached hydrogens (tertiary/aromatic N) is 3. The van der Waals surface area contributed by atoms with Crippen LogP contribution in [0.2, 0.25) is 0 Å². The predicted octanol–water partition coefficient (Wildman–Crippen LogP) is 4.08. The molecule has 176 valence electrons. The number of anilines is 2. The molecule has 2 saturated heterocycles. The minimum Gasteiger partial charge on any atom is -0.372 e. The molecule has 2 heterocycles. The molecule has 2 aliphatic heterocycles. The fraction of sp³-hybridized carbons (Fsp3) is 0.440. The Hall–Kier alpha value is -2.32. The Bertz CT molecular complexity index is 1140. The summed E-state index contributed by atoms with van der Waals surface area (Å²) in [6, 6.07) is 16.0. The summed E-state index contributed by atoms with van der Waals surface area (Å²) in [5.41, 5.74) is 4.22. The number of fused-ring (bicyclic) bond motifs is 1. The lowest BCUT2D eigenvalue weighted by Gasteiger charge is -2.28. The van der Waals surface area contributed by atoms with Gasteiger partial charge in [0.15, 0.2) is 15.0 Å². The Morgan fingerprint density at radius 1 is 1.12 bits per heavy atom. The van der Waals surface area contributed by atoms with Crippen LogP contribution in [-0.4, -0.2) is 55.4 Å². The zero-order valence-corrected chi connectivity index (χ0v) is 21.0. The van der Waals surface area contributed by atoms with Crippen molar-refractivity contribution >= 4 is 44.0 Å². The van der Waals surface area contributed by atoms with Crippen LogP contribution < -0.4 is 9.80 Å². The predicted molar refractivity (Wildman–Crippen MR) is 138 cm³/mol. The zero-order valence-electron chi connectivity index (χ0n) is 19.4. The summed E-state index contributed by atoms with van der Waals surface area (Å²) in [6.07, 6.45) is 0.968. The van der Waals surface area contributed by atoms with E-state index in [1.54, 1.807) is 0 Å². The molecule has 4 rings (SSSR count). The van der Waals surface area contributed by atoms with Crippen LogP contribution in [0.1, 0.15) is 31.4 Å². The monoisotopic (exact) mass is 485 g/mol. The van der Waals surface area contributed by atoms with Gasteiger partial charge in [-0.05, 0) is 56.5 Å². The molecular weight excluding hydrogens is 454 g/mol. The van der Waals surface area contributed by atoms with Gasteiger partial charge in [0.1, 0.15) is 0 Å². The van der Waals surface area contributed by atoms with Gasteiger partial charge < -0.3 is 9.80 Å². The number of benzene rings is 2. The highest BCUT2D eigenvalue weighted by Crippen LogP contribution is 2.42. The van der Waals surface area contributed by atoms with E-state index in [0.717, 1.165) is 35.6 Å². The van der Waals surface area contributed by atoms with Crippen molar-refractivity contribution in [3.8, 4) is 0 Å². The van der Waals surface area contributed by atoms with E-state index in [1.807, 2.05) is 48.2 Å². The quantitative estimate of drug-likeness (QED) is 0.589. The fourth-order valence-corrected chi connectivity index (χ4v) is 8.52. The first-order chi connectivity index (χ1) is 15.8. The smallest absolute Gasteiger partial charge is 0.248 e. The van der Waals surface area contributed by atoms with Gasteiger partial charge in [-0.25, -0.2) is 8.42 Å². The zero-order chi connectivity index (χ0) is 23.6. The van der Waals surface area contributed by atoms with E-state index in [9.17, 15) is 13.2 Å². The van der Waals surface area contributed by atoms with E-state index in [1.165, 1.54) is 11.8 Å². The Morgan fingerprint density at radius 3 is 2.52 bits per heavy atom. The van der Waals surface area contributed by atoms with Crippen molar-refractivity contribution in [2.24, 2.45) is 4.99 Å². The first-order valence-electron chi connectivity index (χ1n) is 11.5. The molecule has 2 atom stereocenters. The average molecular weight is 486 g/mol. The average Bonchev–Trinajstić information content (AvgIpc) is 3.25. The number of hydrogen-bond donors (Lipinski definition) is 0. The van der Waals surface area contributed by atoms with Crippen molar-refractivity contribution < 1.29 is 13.2 Å². The minimum absolute atomic E-state index is 0.0964. The van der Waals surface area contributed by atoms with Gasteiger partial charge in [-0.1, -0.05) is 42.1 Å². The van der Waals surface area contributed by atoms with E-state index in [2.05, 4.69) is 35.9 Å². The molecule has 0 aliphatic carbocycles. The Kier molecular flexibility index (Phi) is 7.14. The first-order valence-corrected chi connectivity index (χ1v) is 14.2. The summed E-state index contributed by atoms with van der Waals surface area (Å²) in [5.74, 6) is 0.0535. The molecule has 0 spiro atoms. The largest absolute Gasteiger partial charge is 0.372 e. The molecule has 2 aliphatic rings. The molecule has 0 saturated carbocycles. The summed E-state index contributed by atoms with van der Waals surface area (Å²) in [5, 5.41) is 0.522. The van der Waals surface area contributed by atoms with Gasteiger partial charge in [0.05, 0.1) is 17.5 Å². The number of sulfone groups is 1. The summed E-state index contributed by atoms with van der Waals surface area (Å²) in [7, 11) is -3.10. The summed E-state index contributed by atoms with van der Waals surface area (Å²) >= 11 is 1.43. The lowest BCUT2D eigenvalue weighted by molar-refractivity contribution is -0.117. The number of amidine groups is 1. The second kappa shape index (κ2) is 9.89. The minimum atomic E-state index is -3.10. The normalized spacial score (nSPS) is 22.5. The van der Waals surface area contributed by atoms with Gasteiger partial charge in [-0.2, -0.15) is 4.99 Å². The van der Waals surface area contributed by atoms with Crippen LogP contribution in [-0.2, 0) is 21.1 Å². The lowest BCUT2D eigenvalue weighted by atomic mass is 10.1. The number of amides is 1.